The fourth-order valence-corrected chi connectivity index (χ4v) is 10.1. The molecule has 0 unspecified atom stereocenters. The molecule has 15 N–H and O–H groups in total. The van der Waals surface area contributed by atoms with Crippen molar-refractivity contribution in [3.05, 3.63) is 198 Å². The molecule has 0 aliphatic heterocycles. The summed E-state index contributed by atoms with van der Waals surface area (Å²) >= 11 is 0. The van der Waals surface area contributed by atoms with E-state index in [1.54, 1.807) is 18.6 Å². The molecule has 6 amide bonds. The Morgan fingerprint density at radius 1 is 0.419 bits per heavy atom. The van der Waals surface area contributed by atoms with Gasteiger partial charge < -0.3 is 68.8 Å². The zero-order valence-corrected chi connectivity index (χ0v) is 47.0. The van der Waals surface area contributed by atoms with E-state index >= 15 is 0 Å². The van der Waals surface area contributed by atoms with Gasteiger partial charge in [-0.25, -0.2) is 4.79 Å². The fraction of sp³-hybridized carbons (Fsp3) is 0.222. The lowest BCUT2D eigenvalue weighted by molar-refractivity contribution is -0.209. The van der Waals surface area contributed by atoms with Crippen molar-refractivity contribution in [1.82, 2.24) is 30.9 Å². The molecule has 23 heteroatoms. The third-order valence-corrected chi connectivity index (χ3v) is 15.2. The molecule has 3 atom stereocenters. The molecule has 0 saturated carbocycles. The second kappa shape index (κ2) is 24.6. The van der Waals surface area contributed by atoms with Crippen LogP contribution in [0.2, 0.25) is 0 Å². The summed E-state index contributed by atoms with van der Waals surface area (Å²) in [4.78, 5) is 105. The minimum Gasteiger partial charge on any atom is -0.438 e. The van der Waals surface area contributed by atoms with Crippen LogP contribution in [0.25, 0.3) is 32.7 Å². The minimum atomic E-state index is -5.55. The molecule has 9 rings (SSSR count). The van der Waals surface area contributed by atoms with Gasteiger partial charge in [-0.2, -0.15) is 13.2 Å². The van der Waals surface area contributed by atoms with Crippen LogP contribution in [0.1, 0.15) is 54.2 Å². The molecule has 0 saturated heterocycles. The van der Waals surface area contributed by atoms with Gasteiger partial charge in [-0.05, 0) is 92.1 Å². The number of rotatable bonds is 22. The van der Waals surface area contributed by atoms with Crippen LogP contribution in [0.5, 0.6) is 0 Å². The molecular formula is C63H63F3N12O8. The number of carbonyl (C=O) groups is 7. The van der Waals surface area contributed by atoms with Crippen molar-refractivity contribution in [3.63, 3.8) is 0 Å². The van der Waals surface area contributed by atoms with Gasteiger partial charge in [0.25, 0.3) is 17.7 Å². The molecule has 0 aliphatic carbocycles. The molecule has 3 heterocycles. The Bertz CT molecular complexity index is 3620. The minimum absolute atomic E-state index is 0.0855. The van der Waals surface area contributed by atoms with E-state index in [0.29, 0.717) is 16.7 Å². The number of amides is 6. The molecule has 6 aromatic carbocycles. The lowest BCUT2D eigenvalue weighted by Crippen LogP contribution is -2.59. The van der Waals surface area contributed by atoms with Crippen LogP contribution in [0, 0.1) is 0 Å². The molecule has 3 aromatic heterocycles. The number of benzene rings is 6. The Morgan fingerprint density at radius 3 is 0.942 bits per heavy atom. The highest BCUT2D eigenvalue weighted by atomic mass is 19.4. The molecule has 0 spiro atoms. The van der Waals surface area contributed by atoms with Crippen molar-refractivity contribution < 1.29 is 51.5 Å². The van der Waals surface area contributed by atoms with Crippen molar-refractivity contribution in [3.8, 4) is 0 Å². The molecule has 86 heavy (non-hydrogen) atoms. The molecule has 0 bridgehead atoms. The van der Waals surface area contributed by atoms with Gasteiger partial charge in [-0.3, -0.25) is 28.8 Å². The molecule has 444 valence electrons. The first-order valence-corrected chi connectivity index (χ1v) is 27.2. The molecular weight excluding hydrogens is 1110 g/mol. The number of para-hydroxylation sites is 3. The smallest absolute Gasteiger partial charge is 0.438 e. The summed E-state index contributed by atoms with van der Waals surface area (Å²) in [5.41, 5.74) is 15.4. The molecule has 0 radical (unpaired) electrons. The Morgan fingerprint density at radius 2 is 0.686 bits per heavy atom. The van der Waals surface area contributed by atoms with Gasteiger partial charge in [-0.1, -0.05) is 91.0 Å². The average molecular weight is 1170 g/mol. The van der Waals surface area contributed by atoms with Crippen LogP contribution < -0.4 is 49.1 Å². The van der Waals surface area contributed by atoms with Crippen molar-refractivity contribution in [2.24, 2.45) is 17.2 Å². The summed E-state index contributed by atoms with van der Waals surface area (Å²) in [7, 11) is 0. The highest BCUT2D eigenvalue weighted by Gasteiger charge is 2.50. The summed E-state index contributed by atoms with van der Waals surface area (Å²) in [6, 6.07) is 38.1. The fourth-order valence-electron chi connectivity index (χ4n) is 10.1. The maximum atomic E-state index is 14.6. The number of hydrogen-bond acceptors (Lipinski definition) is 11. The van der Waals surface area contributed by atoms with Crippen LogP contribution in [-0.4, -0.2) is 98.8 Å². The van der Waals surface area contributed by atoms with Crippen LogP contribution >= 0.6 is 0 Å². The van der Waals surface area contributed by atoms with Gasteiger partial charge in [0.05, 0.1) is 19.3 Å². The van der Waals surface area contributed by atoms with E-state index in [1.807, 2.05) is 72.8 Å². The van der Waals surface area contributed by atoms with Crippen molar-refractivity contribution >= 4 is 91.2 Å². The number of fused-ring (bicyclic) bond motifs is 3. The van der Waals surface area contributed by atoms with E-state index in [0.717, 1.165) is 32.7 Å². The number of aromatic amines is 3. The lowest BCUT2D eigenvalue weighted by Gasteiger charge is -2.36. The predicted molar refractivity (Wildman–Crippen MR) is 320 cm³/mol. The van der Waals surface area contributed by atoms with Crippen molar-refractivity contribution in [2.45, 2.75) is 68.4 Å². The number of carbonyl (C=O) groups excluding carboxylic acids is 7. The standard InChI is InChI=1S/C63H63F3N12O8/c1-59(34-67,76-52(79)28-37-31-70-49-13-7-4-10-46(37)49)55(82)73-43-22-16-40(17-23-43)62(86-58(85)63(64,65)66,41-18-24-44(25-19-41)74-56(83)60(2,35-68)77-53(80)29-38-32-71-50-14-8-5-11-47(38)50)42-20-26-45(27-21-42)75-57(84)61(3,36-69)78-54(81)30-39-33-72-51-15-9-6-12-48(39)51/h4-27,31-33,70-72H,28-30,34-36,67-69H2,1-3H3,(H,73,82)(H,74,83)(H,75,84)(H,76,79)(H,77,80)(H,78,81)/t59-,60-,61-/m1/s1. The molecule has 9 aromatic rings. The Labute approximate surface area is 490 Å². The summed E-state index contributed by atoms with van der Waals surface area (Å²) < 4.78 is 49.6. The molecule has 20 nitrogen and oxygen atoms in total. The Kier molecular flexibility index (Phi) is 17.3. The summed E-state index contributed by atoms with van der Waals surface area (Å²) in [5, 5.41) is 18.8. The zero-order valence-electron chi connectivity index (χ0n) is 47.0. The van der Waals surface area contributed by atoms with Crippen LogP contribution in [0.3, 0.4) is 0 Å². The highest BCUT2D eigenvalue weighted by Crippen LogP contribution is 2.43. The van der Waals surface area contributed by atoms with E-state index < -0.39 is 69.8 Å². The van der Waals surface area contributed by atoms with Gasteiger partial charge in [-0.15, -0.1) is 0 Å². The number of ether oxygens (including phenoxy) is 1. The van der Waals surface area contributed by atoms with Gasteiger partial charge in [0.15, 0.2) is 5.60 Å². The number of aromatic nitrogens is 3. The normalized spacial score (nSPS) is 13.8. The second-order valence-corrected chi connectivity index (χ2v) is 21.5. The third kappa shape index (κ3) is 12.8. The van der Waals surface area contributed by atoms with Gasteiger partial charge in [0.1, 0.15) is 16.6 Å². The SMILES string of the molecule is C[C@](CN)(NC(=O)Cc1c[nH]c2ccccc12)C(=O)Nc1ccc(C(OC(=O)C(F)(F)F)(c2ccc(NC(=O)[C@@](C)(CN)NC(=O)Cc3c[nH]c4ccccc34)cc2)c2ccc(NC(=O)[C@@](C)(CN)NC(=O)Cc3c[nH]c4ccccc34)cc2)cc1. The zero-order chi connectivity index (χ0) is 61.6. The number of H-pyrrole nitrogens is 3. The molecule has 0 fully saturated rings. The van der Waals surface area contributed by atoms with E-state index in [1.165, 1.54) is 93.6 Å². The van der Waals surface area contributed by atoms with E-state index in [9.17, 15) is 46.7 Å². The van der Waals surface area contributed by atoms with Crippen molar-refractivity contribution in [1.29, 1.82) is 0 Å². The van der Waals surface area contributed by atoms with E-state index in [4.69, 9.17) is 21.9 Å². The first kappa shape index (κ1) is 60.5. The molecule has 0 aliphatic rings. The number of alkyl halides is 3. The maximum Gasteiger partial charge on any atom is 0.490 e. The number of hydrogen-bond donors (Lipinski definition) is 12. The number of nitrogens with one attached hydrogen (secondary N) is 9. The van der Waals surface area contributed by atoms with Gasteiger partial charge in [0, 0.05) is 105 Å². The largest absolute Gasteiger partial charge is 0.490 e. The number of nitrogens with two attached hydrogens (primary N) is 3. The third-order valence-electron chi connectivity index (χ3n) is 15.2. The maximum absolute atomic E-state index is 14.6. The monoisotopic (exact) mass is 1170 g/mol. The topological polar surface area (TPSA) is 326 Å². The summed E-state index contributed by atoms with van der Waals surface area (Å²) in [5.74, 6) is -6.31. The van der Waals surface area contributed by atoms with E-state index in [2.05, 4.69) is 46.9 Å². The predicted octanol–water partition coefficient (Wildman–Crippen LogP) is 6.57. The van der Waals surface area contributed by atoms with Crippen LogP contribution in [0.4, 0.5) is 30.2 Å². The summed E-state index contributed by atoms with van der Waals surface area (Å²) in [6.45, 7) is 3.29. The first-order chi connectivity index (χ1) is 41.0. The van der Waals surface area contributed by atoms with Gasteiger partial charge >= 0.3 is 12.1 Å². The quantitative estimate of drug-likeness (QED) is 0.0254. The van der Waals surface area contributed by atoms with Gasteiger partial charge in [0.2, 0.25) is 17.7 Å². The van der Waals surface area contributed by atoms with Crippen molar-refractivity contribution in [2.75, 3.05) is 35.6 Å². The van der Waals surface area contributed by atoms with E-state index in [-0.39, 0.29) is 72.6 Å². The number of anilines is 3. The Balaban J connectivity index is 1.01. The van der Waals surface area contributed by atoms with Crippen LogP contribution in [-0.2, 0) is 63.2 Å². The summed E-state index contributed by atoms with van der Waals surface area (Å²) in [6.07, 6.45) is -0.720. The number of halogens is 3. The number of esters is 1. The average Bonchev–Trinajstić information content (AvgIpc) is 1.30. The van der Waals surface area contributed by atoms with Crippen LogP contribution in [0.15, 0.2) is 164 Å². The second-order valence-electron chi connectivity index (χ2n) is 21.5. The highest BCUT2D eigenvalue weighted by molar-refractivity contribution is 6.03. The Hall–Kier alpha value is -10.1. The lowest BCUT2D eigenvalue weighted by atomic mass is 9.79. The first-order valence-electron chi connectivity index (χ1n) is 27.2.